The molecule has 2 rings (SSSR count). The number of carbonyl (C=O) groups excluding carboxylic acids is 1. The number of carbonyl (C=O) groups is 2. The highest BCUT2D eigenvalue weighted by Gasteiger charge is 2.40. The number of hydrogen-bond acceptors (Lipinski definition) is 2. The monoisotopic (exact) mass is 183 g/mol. The van der Waals surface area contributed by atoms with Crippen molar-refractivity contribution in [3.8, 4) is 0 Å². The van der Waals surface area contributed by atoms with Crippen LogP contribution in [-0.2, 0) is 9.59 Å². The van der Waals surface area contributed by atoms with Crippen molar-refractivity contribution >= 4 is 11.9 Å². The maximum atomic E-state index is 11.3. The van der Waals surface area contributed by atoms with Crippen LogP contribution in [0.5, 0.6) is 0 Å². The number of hydrogen-bond donors (Lipinski definition) is 1. The minimum Gasteiger partial charge on any atom is -0.481 e. The lowest BCUT2D eigenvalue weighted by Crippen LogP contribution is -2.47. The van der Waals surface area contributed by atoms with Crippen molar-refractivity contribution in [2.45, 2.75) is 31.7 Å². The van der Waals surface area contributed by atoms with Crippen molar-refractivity contribution < 1.29 is 14.7 Å². The fraction of sp³-hybridized carbons (Fsp3) is 0.778. The Kier molecular flexibility index (Phi) is 1.98. The molecule has 0 spiro atoms. The molecule has 13 heavy (non-hydrogen) atoms. The predicted octanol–water partition coefficient (Wildman–Crippen LogP) is 0.472. The molecule has 0 aromatic carbocycles. The molecule has 0 bridgehead atoms. The van der Waals surface area contributed by atoms with Crippen LogP contribution in [0.1, 0.15) is 25.7 Å². The lowest BCUT2D eigenvalue weighted by molar-refractivity contribution is -0.149. The molecule has 0 unspecified atom stereocenters. The quantitative estimate of drug-likeness (QED) is 0.677. The largest absolute Gasteiger partial charge is 0.481 e. The molecule has 2 aliphatic rings. The third-order valence-electron chi connectivity index (χ3n) is 3.01. The van der Waals surface area contributed by atoms with Crippen molar-refractivity contribution in [3.05, 3.63) is 0 Å². The molecule has 4 heteroatoms. The van der Waals surface area contributed by atoms with Crippen molar-refractivity contribution in [1.29, 1.82) is 0 Å². The van der Waals surface area contributed by atoms with E-state index >= 15 is 0 Å². The molecule has 1 heterocycles. The predicted molar refractivity (Wildman–Crippen MR) is 45.1 cm³/mol. The van der Waals surface area contributed by atoms with E-state index in [1.54, 1.807) is 0 Å². The first-order valence-electron chi connectivity index (χ1n) is 4.71. The zero-order valence-electron chi connectivity index (χ0n) is 7.40. The third-order valence-corrected chi connectivity index (χ3v) is 3.01. The van der Waals surface area contributed by atoms with Crippen LogP contribution in [0.4, 0.5) is 0 Å². The second-order valence-electron chi connectivity index (χ2n) is 3.85. The minimum absolute atomic E-state index is 0.203. The number of rotatable bonds is 2. The molecule has 0 atom stereocenters. The molecular formula is C9H13NO3. The van der Waals surface area contributed by atoms with E-state index in [0.29, 0.717) is 19.3 Å². The summed E-state index contributed by atoms with van der Waals surface area (Å²) in [6.07, 6.45) is 2.89. The van der Waals surface area contributed by atoms with Gasteiger partial charge in [-0.05, 0) is 19.3 Å². The Bertz CT molecular complexity index is 245. The molecule has 2 fully saturated rings. The molecule has 1 amide bonds. The summed E-state index contributed by atoms with van der Waals surface area (Å²) in [5.41, 5.74) is 0. The molecule has 72 valence electrons. The molecule has 1 aliphatic carbocycles. The van der Waals surface area contributed by atoms with Gasteiger partial charge in [0.25, 0.3) is 0 Å². The van der Waals surface area contributed by atoms with Crippen molar-refractivity contribution in [3.63, 3.8) is 0 Å². The zero-order chi connectivity index (χ0) is 9.42. The van der Waals surface area contributed by atoms with Crippen LogP contribution in [0.25, 0.3) is 0 Å². The van der Waals surface area contributed by atoms with Gasteiger partial charge in [-0.1, -0.05) is 0 Å². The van der Waals surface area contributed by atoms with Crippen LogP contribution in [0.2, 0.25) is 0 Å². The smallest absolute Gasteiger partial charge is 0.306 e. The van der Waals surface area contributed by atoms with Crippen LogP contribution in [0.3, 0.4) is 0 Å². The Balaban J connectivity index is 1.86. The summed E-state index contributed by atoms with van der Waals surface area (Å²) >= 11 is 0. The van der Waals surface area contributed by atoms with Crippen molar-refractivity contribution in [2.75, 3.05) is 6.54 Å². The number of amides is 1. The summed E-state index contributed by atoms with van der Waals surface area (Å²) in [5.74, 6) is -0.727. The summed E-state index contributed by atoms with van der Waals surface area (Å²) in [5, 5.41) is 8.66. The second-order valence-corrected chi connectivity index (χ2v) is 3.85. The molecule has 0 aromatic heterocycles. The number of carboxylic acids is 1. The van der Waals surface area contributed by atoms with Gasteiger partial charge in [0, 0.05) is 19.0 Å². The van der Waals surface area contributed by atoms with Crippen LogP contribution in [-0.4, -0.2) is 34.5 Å². The Morgan fingerprint density at radius 3 is 2.62 bits per heavy atom. The van der Waals surface area contributed by atoms with E-state index in [2.05, 4.69) is 0 Å². The van der Waals surface area contributed by atoms with Gasteiger partial charge in [-0.25, -0.2) is 0 Å². The highest BCUT2D eigenvalue weighted by Crippen LogP contribution is 2.34. The van der Waals surface area contributed by atoms with Gasteiger partial charge in [-0.2, -0.15) is 0 Å². The molecule has 4 nitrogen and oxygen atoms in total. The summed E-state index contributed by atoms with van der Waals surface area (Å²) in [6.45, 7) is 0.829. The lowest BCUT2D eigenvalue weighted by Gasteiger charge is -2.38. The second kappa shape index (κ2) is 3.01. The molecular weight excluding hydrogens is 170 g/mol. The Hall–Kier alpha value is -1.06. The summed E-state index contributed by atoms with van der Waals surface area (Å²) in [6, 6.07) is 0.219. The minimum atomic E-state index is -0.720. The first-order chi connectivity index (χ1) is 6.18. The van der Waals surface area contributed by atoms with E-state index in [1.165, 1.54) is 0 Å². The van der Waals surface area contributed by atoms with Crippen LogP contribution < -0.4 is 0 Å². The molecule has 1 N–H and O–H groups in total. The van der Waals surface area contributed by atoms with Crippen molar-refractivity contribution in [1.82, 2.24) is 4.90 Å². The Labute approximate surface area is 76.5 Å². The topological polar surface area (TPSA) is 57.6 Å². The Morgan fingerprint density at radius 2 is 2.15 bits per heavy atom. The molecule has 0 aromatic rings. The van der Waals surface area contributed by atoms with Crippen LogP contribution in [0.15, 0.2) is 0 Å². The maximum absolute atomic E-state index is 11.3. The van der Waals surface area contributed by atoms with E-state index in [9.17, 15) is 9.59 Å². The molecule has 1 saturated heterocycles. The molecule has 0 radical (unpaired) electrons. The highest BCUT2D eigenvalue weighted by atomic mass is 16.4. The van der Waals surface area contributed by atoms with Gasteiger partial charge < -0.3 is 10.0 Å². The van der Waals surface area contributed by atoms with Gasteiger partial charge in [0.05, 0.1) is 5.92 Å². The number of aliphatic carboxylic acids is 1. The fourth-order valence-corrected chi connectivity index (χ4v) is 2.10. The van der Waals surface area contributed by atoms with Gasteiger partial charge in [-0.15, -0.1) is 0 Å². The number of carboxylic acid groups (broad SMARTS) is 1. The summed E-state index contributed by atoms with van der Waals surface area (Å²) < 4.78 is 0. The summed E-state index contributed by atoms with van der Waals surface area (Å²) in [4.78, 5) is 23.6. The first kappa shape index (κ1) is 8.53. The molecule has 1 saturated carbocycles. The highest BCUT2D eigenvalue weighted by molar-refractivity contribution is 5.79. The number of likely N-dealkylation sites (tertiary alicyclic amines) is 1. The summed E-state index contributed by atoms with van der Waals surface area (Å²) in [7, 11) is 0. The van der Waals surface area contributed by atoms with Gasteiger partial charge in [0.2, 0.25) is 5.91 Å². The third kappa shape index (κ3) is 1.41. The van der Waals surface area contributed by atoms with E-state index < -0.39 is 5.97 Å². The zero-order valence-corrected chi connectivity index (χ0v) is 7.40. The lowest BCUT2D eigenvalue weighted by atomic mass is 9.79. The molecule has 1 aliphatic heterocycles. The SMILES string of the molecule is O=C(O)C1CC(N2CCCC2=O)C1. The van der Waals surface area contributed by atoms with Crippen molar-refractivity contribution in [2.24, 2.45) is 5.92 Å². The Morgan fingerprint density at radius 1 is 1.46 bits per heavy atom. The van der Waals surface area contributed by atoms with E-state index in [0.717, 1.165) is 13.0 Å². The first-order valence-corrected chi connectivity index (χ1v) is 4.71. The van der Waals surface area contributed by atoms with Gasteiger partial charge in [-0.3, -0.25) is 9.59 Å². The van der Waals surface area contributed by atoms with E-state index in [1.807, 2.05) is 4.90 Å². The van der Waals surface area contributed by atoms with Crippen LogP contribution in [0, 0.1) is 5.92 Å². The maximum Gasteiger partial charge on any atom is 0.306 e. The van der Waals surface area contributed by atoms with Gasteiger partial charge in [0.1, 0.15) is 0 Å². The van der Waals surface area contributed by atoms with Crippen LogP contribution >= 0.6 is 0 Å². The standard InChI is InChI=1S/C9H13NO3/c11-8-2-1-3-10(8)7-4-6(5-7)9(12)13/h6-7H,1-5H2,(H,12,13). The number of nitrogens with zero attached hydrogens (tertiary/aromatic N) is 1. The average Bonchev–Trinajstić information content (AvgIpc) is 2.32. The van der Waals surface area contributed by atoms with Gasteiger partial charge >= 0.3 is 5.97 Å². The van der Waals surface area contributed by atoms with E-state index in [4.69, 9.17) is 5.11 Å². The van der Waals surface area contributed by atoms with E-state index in [-0.39, 0.29) is 17.9 Å². The van der Waals surface area contributed by atoms with Gasteiger partial charge in [0.15, 0.2) is 0 Å². The normalized spacial score (nSPS) is 33.2. The average molecular weight is 183 g/mol. The fourth-order valence-electron chi connectivity index (χ4n) is 2.10.